The molecular weight excluding hydrogens is 564 g/mol. The van der Waals surface area contributed by atoms with Crippen LogP contribution in [0.4, 0.5) is 0 Å². The van der Waals surface area contributed by atoms with Crippen molar-refractivity contribution in [3.63, 3.8) is 0 Å². The molecule has 1 fully saturated rings. The lowest BCUT2D eigenvalue weighted by Crippen LogP contribution is -2.53. The molecule has 5 nitrogen and oxygen atoms in total. The van der Waals surface area contributed by atoms with Gasteiger partial charge in [-0.05, 0) is 66.8 Å². The minimum Gasteiger partial charge on any atom is -0.484 e. The molecule has 1 atom stereocenters. The van der Waals surface area contributed by atoms with Crippen molar-refractivity contribution in [2.24, 2.45) is 0 Å². The van der Waals surface area contributed by atoms with Crippen molar-refractivity contribution in [3.8, 4) is 5.75 Å². The third-order valence-corrected chi connectivity index (χ3v) is 7.87. The molecule has 1 N–H and O–H groups in total. The van der Waals surface area contributed by atoms with Gasteiger partial charge in [-0.15, -0.1) is 0 Å². The van der Waals surface area contributed by atoms with Gasteiger partial charge >= 0.3 is 0 Å². The van der Waals surface area contributed by atoms with Crippen molar-refractivity contribution < 1.29 is 14.3 Å². The number of carbonyl (C=O) groups is 2. The average Bonchev–Trinajstić information content (AvgIpc) is 2.92. The minimum atomic E-state index is -0.679. The summed E-state index contributed by atoms with van der Waals surface area (Å²) in [4.78, 5) is 29.2. The fourth-order valence-electron chi connectivity index (χ4n) is 4.87. The van der Waals surface area contributed by atoms with Crippen LogP contribution >= 0.6 is 27.5 Å². The van der Waals surface area contributed by atoms with Gasteiger partial charge in [-0.3, -0.25) is 9.59 Å². The summed E-state index contributed by atoms with van der Waals surface area (Å²) in [7, 11) is 0. The van der Waals surface area contributed by atoms with E-state index in [2.05, 4.69) is 21.2 Å². The molecule has 0 radical (unpaired) electrons. The van der Waals surface area contributed by atoms with Gasteiger partial charge in [-0.25, -0.2) is 0 Å². The summed E-state index contributed by atoms with van der Waals surface area (Å²) in [5.41, 5.74) is 2.80. The lowest BCUT2D eigenvalue weighted by Gasteiger charge is -2.33. The van der Waals surface area contributed by atoms with E-state index < -0.39 is 6.04 Å². The Kier molecular flexibility index (Phi) is 10.2. The number of amides is 2. The molecule has 0 bridgehead atoms. The summed E-state index contributed by atoms with van der Waals surface area (Å²) in [6.07, 6.45) is 5.80. The van der Waals surface area contributed by atoms with Crippen LogP contribution in [0.15, 0.2) is 77.3 Å². The first-order chi connectivity index (χ1) is 18.4. The van der Waals surface area contributed by atoms with Crippen molar-refractivity contribution >= 4 is 39.3 Å². The standard InChI is InChI=1S/C31H34BrClN2O3/c1-22-17-27(15-16-28(22)33)38-21-30(36)35(20-24-11-8-12-25(32)18-24)29(19-23-9-4-2-5-10-23)31(37)34-26-13-6-3-7-14-26/h2,4-5,8-12,15-18,26,29H,3,6-7,13-14,19-21H2,1H3,(H,34,37)/t29-/m0/s1. The van der Waals surface area contributed by atoms with Crippen LogP contribution in [0, 0.1) is 6.92 Å². The number of carbonyl (C=O) groups excluding carboxylic acids is 2. The van der Waals surface area contributed by atoms with E-state index in [1.165, 1.54) is 6.42 Å². The maximum absolute atomic E-state index is 13.8. The largest absolute Gasteiger partial charge is 0.484 e. The Morgan fingerprint density at radius 2 is 1.74 bits per heavy atom. The first kappa shape index (κ1) is 28.2. The van der Waals surface area contributed by atoms with Crippen LogP contribution in [-0.2, 0) is 22.6 Å². The molecule has 200 valence electrons. The lowest BCUT2D eigenvalue weighted by atomic mass is 9.94. The molecule has 4 rings (SSSR count). The molecule has 1 aliphatic rings. The van der Waals surface area contributed by atoms with E-state index in [0.29, 0.717) is 17.2 Å². The van der Waals surface area contributed by atoms with Gasteiger partial charge in [0.05, 0.1) is 0 Å². The molecule has 0 spiro atoms. The van der Waals surface area contributed by atoms with Crippen molar-refractivity contribution in [3.05, 3.63) is 99.0 Å². The van der Waals surface area contributed by atoms with Gasteiger partial charge in [-0.1, -0.05) is 89.3 Å². The molecule has 0 aromatic heterocycles. The van der Waals surface area contributed by atoms with E-state index in [9.17, 15) is 9.59 Å². The normalized spacial score (nSPS) is 14.5. The number of hydrogen-bond donors (Lipinski definition) is 1. The summed E-state index contributed by atoms with van der Waals surface area (Å²) in [6, 6.07) is 22.5. The van der Waals surface area contributed by atoms with E-state index in [1.807, 2.05) is 67.6 Å². The first-order valence-electron chi connectivity index (χ1n) is 13.2. The van der Waals surface area contributed by atoms with Crippen LogP contribution in [0.3, 0.4) is 0 Å². The zero-order valence-corrected chi connectivity index (χ0v) is 24.0. The number of aryl methyl sites for hydroxylation is 1. The smallest absolute Gasteiger partial charge is 0.261 e. The fourth-order valence-corrected chi connectivity index (χ4v) is 5.43. The van der Waals surface area contributed by atoms with E-state index in [4.69, 9.17) is 16.3 Å². The molecule has 3 aromatic carbocycles. The number of halogens is 2. The van der Waals surface area contributed by atoms with Gasteiger partial charge in [0.2, 0.25) is 5.91 Å². The Hall–Kier alpha value is -2.83. The second-order valence-electron chi connectivity index (χ2n) is 9.90. The Balaban J connectivity index is 1.61. The molecule has 0 unspecified atom stereocenters. The molecule has 0 heterocycles. The molecule has 3 aromatic rings. The third-order valence-electron chi connectivity index (χ3n) is 6.96. The number of benzene rings is 3. The van der Waals surface area contributed by atoms with Crippen molar-refractivity contribution in [1.29, 1.82) is 0 Å². The highest BCUT2D eigenvalue weighted by Crippen LogP contribution is 2.23. The topological polar surface area (TPSA) is 58.6 Å². The summed E-state index contributed by atoms with van der Waals surface area (Å²) in [5.74, 6) is 0.192. The number of ether oxygens (including phenoxy) is 1. The SMILES string of the molecule is Cc1cc(OCC(=O)N(Cc2cccc(Br)c2)[C@@H](Cc2ccccc2)C(=O)NC2CCCCC2)ccc1Cl. The van der Waals surface area contributed by atoms with Crippen molar-refractivity contribution in [2.45, 2.75) is 64.1 Å². The van der Waals surface area contributed by atoms with Gasteiger partial charge < -0.3 is 15.0 Å². The molecular formula is C31H34BrClN2O3. The van der Waals surface area contributed by atoms with E-state index in [-0.39, 0.29) is 31.0 Å². The molecule has 7 heteroatoms. The molecule has 1 saturated carbocycles. The van der Waals surface area contributed by atoms with E-state index in [1.54, 1.807) is 17.0 Å². The molecule has 0 aliphatic heterocycles. The number of nitrogens with one attached hydrogen (secondary N) is 1. The highest BCUT2D eigenvalue weighted by molar-refractivity contribution is 9.10. The van der Waals surface area contributed by atoms with Crippen LogP contribution in [0.1, 0.15) is 48.8 Å². The highest BCUT2D eigenvalue weighted by atomic mass is 79.9. The van der Waals surface area contributed by atoms with Crippen LogP contribution < -0.4 is 10.1 Å². The predicted octanol–water partition coefficient (Wildman–Crippen LogP) is 6.88. The van der Waals surface area contributed by atoms with Crippen LogP contribution in [0.2, 0.25) is 5.02 Å². The van der Waals surface area contributed by atoms with Gasteiger partial charge in [0.15, 0.2) is 6.61 Å². The Morgan fingerprint density at radius 1 is 1.00 bits per heavy atom. The Morgan fingerprint density at radius 3 is 2.45 bits per heavy atom. The fraction of sp³-hybridized carbons (Fsp3) is 0.355. The second-order valence-corrected chi connectivity index (χ2v) is 11.2. The predicted molar refractivity (Wildman–Crippen MR) is 155 cm³/mol. The van der Waals surface area contributed by atoms with Gasteiger partial charge in [0.1, 0.15) is 11.8 Å². The first-order valence-corrected chi connectivity index (χ1v) is 14.3. The second kappa shape index (κ2) is 13.8. The zero-order chi connectivity index (χ0) is 26.9. The van der Waals surface area contributed by atoms with Gasteiger partial charge in [-0.2, -0.15) is 0 Å². The van der Waals surface area contributed by atoms with E-state index in [0.717, 1.165) is 46.8 Å². The van der Waals surface area contributed by atoms with Crippen molar-refractivity contribution in [1.82, 2.24) is 10.2 Å². The van der Waals surface area contributed by atoms with E-state index >= 15 is 0 Å². The molecule has 38 heavy (non-hydrogen) atoms. The number of rotatable bonds is 10. The minimum absolute atomic E-state index is 0.119. The maximum atomic E-state index is 13.8. The number of nitrogens with zero attached hydrogens (tertiary/aromatic N) is 1. The van der Waals surface area contributed by atoms with Crippen LogP contribution in [0.5, 0.6) is 5.75 Å². The molecule has 2 amide bonds. The quantitative estimate of drug-likeness (QED) is 0.277. The number of hydrogen-bond acceptors (Lipinski definition) is 3. The van der Waals surface area contributed by atoms with Gasteiger partial charge in [0.25, 0.3) is 5.91 Å². The molecule has 1 aliphatic carbocycles. The maximum Gasteiger partial charge on any atom is 0.261 e. The van der Waals surface area contributed by atoms with Crippen LogP contribution in [0.25, 0.3) is 0 Å². The summed E-state index contributed by atoms with van der Waals surface area (Å²) < 4.78 is 6.80. The Bertz CT molecular complexity index is 1230. The van der Waals surface area contributed by atoms with Gasteiger partial charge in [0, 0.05) is 28.5 Å². The van der Waals surface area contributed by atoms with Crippen molar-refractivity contribution in [2.75, 3.05) is 6.61 Å². The monoisotopic (exact) mass is 596 g/mol. The molecule has 0 saturated heterocycles. The average molecular weight is 598 g/mol. The summed E-state index contributed by atoms with van der Waals surface area (Å²) in [5, 5.41) is 3.90. The summed E-state index contributed by atoms with van der Waals surface area (Å²) in [6.45, 7) is 2.00. The third kappa shape index (κ3) is 8.08. The highest BCUT2D eigenvalue weighted by Gasteiger charge is 2.32. The Labute approximate surface area is 238 Å². The zero-order valence-electron chi connectivity index (χ0n) is 21.7. The lowest BCUT2D eigenvalue weighted by molar-refractivity contribution is -0.143. The summed E-state index contributed by atoms with van der Waals surface area (Å²) >= 11 is 9.68. The van der Waals surface area contributed by atoms with Crippen LogP contribution in [-0.4, -0.2) is 35.4 Å².